The molecule has 0 bridgehead atoms. The molecule has 1 N–H and O–H groups in total. The molecular weight excluding hydrogens is 237 g/mol. The number of rotatable bonds is 5. The van der Waals surface area contributed by atoms with E-state index in [1.54, 1.807) is 0 Å². The van der Waals surface area contributed by atoms with Gasteiger partial charge in [0.1, 0.15) is 12.0 Å². The molecule has 1 rings (SSSR count). The third kappa shape index (κ3) is 3.89. The van der Waals surface area contributed by atoms with Gasteiger partial charge < -0.3 is 10.1 Å². The highest BCUT2D eigenvalue weighted by molar-refractivity contribution is 5.86. The van der Waals surface area contributed by atoms with Crippen LogP contribution in [0.2, 0.25) is 0 Å². The number of carbonyl (C=O) groups excluding carboxylic acids is 1. The molecule has 0 unspecified atom stereocenters. The number of nitrogens with zero attached hydrogens (tertiary/aromatic N) is 1. The number of hydrogen-bond donors (Lipinski definition) is 1. The van der Waals surface area contributed by atoms with Gasteiger partial charge in [0.05, 0.1) is 12.7 Å². The van der Waals surface area contributed by atoms with Crippen molar-refractivity contribution in [2.75, 3.05) is 19.8 Å². The van der Waals surface area contributed by atoms with Crippen LogP contribution in [0.5, 0.6) is 0 Å². The van der Waals surface area contributed by atoms with Gasteiger partial charge in [-0.1, -0.05) is 0 Å². The summed E-state index contributed by atoms with van der Waals surface area (Å²) in [7, 11) is 0. The molecule has 1 fully saturated rings. The Morgan fingerprint density at radius 3 is 2.53 bits per heavy atom. The molecule has 0 aromatic carbocycles. The number of halogens is 3. The van der Waals surface area contributed by atoms with E-state index in [1.807, 2.05) is 6.07 Å². The fraction of sp³-hybridized carbons (Fsp3) is 0.800. The highest BCUT2D eigenvalue weighted by Gasteiger charge is 2.44. The molecule has 1 aliphatic carbocycles. The third-order valence-electron chi connectivity index (χ3n) is 2.65. The quantitative estimate of drug-likeness (QED) is 0.750. The lowest BCUT2D eigenvalue weighted by molar-refractivity contribution is -0.173. The van der Waals surface area contributed by atoms with E-state index in [4.69, 9.17) is 5.26 Å². The fourth-order valence-corrected chi connectivity index (χ4v) is 1.51. The second kappa shape index (κ2) is 5.36. The predicted octanol–water partition coefficient (Wildman–Crippen LogP) is 1.38. The number of carbonyl (C=O) groups is 1. The van der Waals surface area contributed by atoms with Gasteiger partial charge >= 0.3 is 6.18 Å². The first kappa shape index (κ1) is 13.8. The highest BCUT2D eigenvalue weighted by Crippen LogP contribution is 2.40. The van der Waals surface area contributed by atoms with Gasteiger partial charge in [0, 0.05) is 6.54 Å². The summed E-state index contributed by atoms with van der Waals surface area (Å²) in [5, 5.41) is 11.2. The molecule has 0 heterocycles. The van der Waals surface area contributed by atoms with Crippen molar-refractivity contribution in [1.82, 2.24) is 5.32 Å². The van der Waals surface area contributed by atoms with E-state index in [0.717, 1.165) is 6.42 Å². The monoisotopic (exact) mass is 250 g/mol. The molecule has 0 atom stereocenters. The molecule has 1 amide bonds. The first-order chi connectivity index (χ1) is 7.90. The summed E-state index contributed by atoms with van der Waals surface area (Å²) < 4.78 is 39.4. The van der Waals surface area contributed by atoms with Gasteiger partial charge in [0.15, 0.2) is 0 Å². The number of amides is 1. The van der Waals surface area contributed by atoms with Gasteiger partial charge in [-0.05, 0) is 19.3 Å². The van der Waals surface area contributed by atoms with Crippen LogP contribution in [0.25, 0.3) is 0 Å². The maximum atomic E-state index is 11.7. The zero-order valence-corrected chi connectivity index (χ0v) is 9.14. The summed E-state index contributed by atoms with van der Waals surface area (Å²) in [6.07, 6.45) is -2.51. The Labute approximate surface area is 96.7 Å². The maximum absolute atomic E-state index is 11.7. The van der Waals surface area contributed by atoms with Crippen LogP contribution < -0.4 is 5.32 Å². The van der Waals surface area contributed by atoms with Crippen molar-refractivity contribution in [1.29, 1.82) is 5.26 Å². The molecule has 0 aromatic rings. The Morgan fingerprint density at radius 1 is 1.47 bits per heavy atom. The van der Waals surface area contributed by atoms with E-state index < -0.39 is 24.1 Å². The molecule has 0 spiro atoms. The maximum Gasteiger partial charge on any atom is 0.411 e. The Balaban J connectivity index is 2.15. The lowest BCUT2D eigenvalue weighted by Gasteiger charge is -2.33. The highest BCUT2D eigenvalue weighted by atomic mass is 19.4. The van der Waals surface area contributed by atoms with Gasteiger partial charge in [-0.25, -0.2) is 0 Å². The van der Waals surface area contributed by atoms with Crippen LogP contribution in [0.4, 0.5) is 13.2 Å². The molecule has 1 aliphatic rings. The van der Waals surface area contributed by atoms with Crippen molar-refractivity contribution in [2.24, 2.45) is 5.41 Å². The van der Waals surface area contributed by atoms with Gasteiger partial charge in [-0.2, -0.15) is 18.4 Å². The molecule has 1 saturated carbocycles. The molecule has 96 valence electrons. The third-order valence-corrected chi connectivity index (χ3v) is 2.65. The number of ether oxygens (including phenoxy) is 1. The van der Waals surface area contributed by atoms with Gasteiger partial charge in [0.2, 0.25) is 5.91 Å². The van der Waals surface area contributed by atoms with E-state index in [2.05, 4.69) is 10.1 Å². The van der Waals surface area contributed by atoms with E-state index in [9.17, 15) is 18.0 Å². The van der Waals surface area contributed by atoms with E-state index in [1.165, 1.54) is 0 Å². The minimum Gasteiger partial charge on any atom is -0.370 e. The lowest BCUT2D eigenvalue weighted by atomic mass is 9.69. The van der Waals surface area contributed by atoms with Crippen LogP contribution in [0.15, 0.2) is 0 Å². The zero-order valence-electron chi connectivity index (χ0n) is 9.14. The molecule has 0 aliphatic heterocycles. The zero-order chi connectivity index (χ0) is 12.9. The molecule has 0 radical (unpaired) electrons. The molecule has 0 saturated heterocycles. The molecule has 0 aromatic heterocycles. The molecular formula is C10H13F3N2O2. The SMILES string of the molecule is N#CC1(C(=O)NCCOCC(F)(F)F)CCC1. The summed E-state index contributed by atoms with van der Waals surface area (Å²) in [4.78, 5) is 11.5. The lowest BCUT2D eigenvalue weighted by Crippen LogP contribution is -2.45. The number of alkyl halides is 3. The van der Waals surface area contributed by atoms with Crippen LogP contribution in [0.1, 0.15) is 19.3 Å². The average Bonchev–Trinajstić information content (AvgIpc) is 2.14. The first-order valence-corrected chi connectivity index (χ1v) is 5.24. The summed E-state index contributed by atoms with van der Waals surface area (Å²) in [5.41, 5.74) is -0.968. The van der Waals surface area contributed by atoms with Crippen molar-refractivity contribution >= 4 is 5.91 Å². The summed E-state index contributed by atoms with van der Waals surface area (Å²) >= 11 is 0. The van der Waals surface area contributed by atoms with Crippen LogP contribution in [0.3, 0.4) is 0 Å². The standard InChI is InChI=1S/C10H13F3N2O2/c11-10(12,13)7-17-5-4-15-8(16)9(6-14)2-1-3-9/h1-5,7H2,(H,15,16). The van der Waals surface area contributed by atoms with Crippen molar-refractivity contribution in [2.45, 2.75) is 25.4 Å². The van der Waals surface area contributed by atoms with Crippen LogP contribution >= 0.6 is 0 Å². The summed E-state index contributed by atoms with van der Waals surface area (Å²) in [5.74, 6) is -0.415. The van der Waals surface area contributed by atoms with Crippen LogP contribution in [0, 0.1) is 16.7 Å². The first-order valence-electron chi connectivity index (χ1n) is 5.24. The second-order valence-corrected chi connectivity index (χ2v) is 3.97. The van der Waals surface area contributed by atoms with Gasteiger partial charge in [-0.15, -0.1) is 0 Å². The Morgan fingerprint density at radius 2 is 2.12 bits per heavy atom. The average molecular weight is 250 g/mol. The van der Waals surface area contributed by atoms with Crippen LogP contribution in [-0.2, 0) is 9.53 Å². The van der Waals surface area contributed by atoms with E-state index in [0.29, 0.717) is 12.8 Å². The second-order valence-electron chi connectivity index (χ2n) is 3.97. The minimum absolute atomic E-state index is 0.0155. The van der Waals surface area contributed by atoms with Crippen molar-refractivity contribution < 1.29 is 22.7 Å². The van der Waals surface area contributed by atoms with Gasteiger partial charge in [0.25, 0.3) is 0 Å². The number of hydrogen-bond acceptors (Lipinski definition) is 3. The van der Waals surface area contributed by atoms with E-state index >= 15 is 0 Å². The summed E-state index contributed by atoms with van der Waals surface area (Å²) in [6, 6.07) is 1.95. The van der Waals surface area contributed by atoms with E-state index in [-0.39, 0.29) is 13.2 Å². The van der Waals surface area contributed by atoms with Crippen LogP contribution in [-0.4, -0.2) is 31.8 Å². The largest absolute Gasteiger partial charge is 0.411 e. The molecule has 4 nitrogen and oxygen atoms in total. The van der Waals surface area contributed by atoms with Gasteiger partial charge in [-0.3, -0.25) is 4.79 Å². The molecule has 17 heavy (non-hydrogen) atoms. The summed E-state index contributed by atoms with van der Waals surface area (Å²) in [6.45, 7) is -1.56. The number of nitrogens with one attached hydrogen (secondary N) is 1. The topological polar surface area (TPSA) is 62.1 Å². The Bertz CT molecular complexity index is 318. The normalized spacial score (nSPS) is 18.0. The minimum atomic E-state index is -4.36. The number of nitriles is 1. The fourth-order valence-electron chi connectivity index (χ4n) is 1.51. The molecule has 7 heteroatoms. The van der Waals surface area contributed by atoms with Crippen molar-refractivity contribution in [3.8, 4) is 6.07 Å². The van der Waals surface area contributed by atoms with Crippen molar-refractivity contribution in [3.63, 3.8) is 0 Å². The van der Waals surface area contributed by atoms with Crippen molar-refractivity contribution in [3.05, 3.63) is 0 Å². The Hall–Kier alpha value is -1.29. The predicted molar refractivity (Wildman–Crippen MR) is 51.8 cm³/mol. The Kier molecular flexibility index (Phi) is 4.34. The smallest absolute Gasteiger partial charge is 0.370 e.